The molecule has 20 heavy (non-hydrogen) atoms. The van der Waals surface area contributed by atoms with Gasteiger partial charge in [0.1, 0.15) is 5.82 Å². The molecule has 0 N–H and O–H groups in total. The van der Waals surface area contributed by atoms with Crippen molar-refractivity contribution in [1.82, 2.24) is 0 Å². The second-order valence-corrected chi connectivity index (χ2v) is 5.45. The normalized spacial score (nSPS) is 14.3. The number of halogens is 2. The van der Waals surface area contributed by atoms with Crippen LogP contribution in [-0.4, -0.2) is 31.4 Å². The molecule has 1 amide bonds. The van der Waals surface area contributed by atoms with E-state index in [2.05, 4.69) is 0 Å². The fourth-order valence-electron chi connectivity index (χ4n) is 1.99. The summed E-state index contributed by atoms with van der Waals surface area (Å²) in [6.45, 7) is 5.10. The summed E-state index contributed by atoms with van der Waals surface area (Å²) in [7, 11) is 0. The van der Waals surface area contributed by atoms with Gasteiger partial charge in [0.2, 0.25) is 0 Å². The predicted octanol–water partition coefficient (Wildman–Crippen LogP) is 2.68. The molecule has 1 aromatic carbocycles. The molecule has 0 unspecified atom stereocenters. The summed E-state index contributed by atoms with van der Waals surface area (Å²) < 4.78 is 18.9. The van der Waals surface area contributed by atoms with Gasteiger partial charge in [-0.25, -0.2) is 4.39 Å². The number of hydrogen-bond donors (Lipinski definition) is 0. The van der Waals surface area contributed by atoms with E-state index in [1.165, 1.54) is 11.0 Å². The van der Waals surface area contributed by atoms with Crippen molar-refractivity contribution in [3.63, 3.8) is 0 Å². The Labute approximate surface area is 121 Å². The third kappa shape index (κ3) is 2.83. The highest BCUT2D eigenvalue weighted by Gasteiger charge is 2.36. The van der Waals surface area contributed by atoms with E-state index in [9.17, 15) is 14.0 Å². The van der Waals surface area contributed by atoms with Crippen LogP contribution in [0.4, 0.5) is 10.1 Å². The lowest BCUT2D eigenvalue weighted by molar-refractivity contribution is -0.114. The van der Waals surface area contributed by atoms with Crippen molar-refractivity contribution in [3.8, 4) is 0 Å². The molecule has 0 saturated heterocycles. The van der Waals surface area contributed by atoms with Crippen LogP contribution < -0.4 is 4.90 Å². The zero-order valence-electron chi connectivity index (χ0n) is 11.3. The van der Waals surface area contributed by atoms with Crippen molar-refractivity contribution in [2.24, 2.45) is 5.92 Å². The van der Waals surface area contributed by atoms with Crippen molar-refractivity contribution in [2.75, 3.05) is 24.7 Å². The standard InChI is InChI=1S/C14H15ClFNO3/c1-8(2)7-20-4-3-17-12-6-11(16)10(15)5-9(12)13(18)14(17)19/h5-6,8H,3-4,7H2,1-2H3. The highest BCUT2D eigenvalue weighted by molar-refractivity contribution is 6.52. The topological polar surface area (TPSA) is 46.6 Å². The Balaban J connectivity index is 2.14. The van der Waals surface area contributed by atoms with E-state index < -0.39 is 17.5 Å². The van der Waals surface area contributed by atoms with Gasteiger partial charge < -0.3 is 9.64 Å². The Hall–Kier alpha value is -1.46. The maximum Gasteiger partial charge on any atom is 0.299 e. The molecular formula is C14H15ClFNO3. The summed E-state index contributed by atoms with van der Waals surface area (Å²) in [5.74, 6) is -1.60. The molecule has 0 saturated carbocycles. The van der Waals surface area contributed by atoms with Gasteiger partial charge in [0, 0.05) is 13.2 Å². The Morgan fingerprint density at radius 2 is 2.05 bits per heavy atom. The van der Waals surface area contributed by atoms with E-state index >= 15 is 0 Å². The van der Waals surface area contributed by atoms with Crippen LogP contribution in [-0.2, 0) is 9.53 Å². The van der Waals surface area contributed by atoms with Gasteiger partial charge in [0.25, 0.3) is 11.7 Å². The first kappa shape index (κ1) is 14.9. The predicted molar refractivity (Wildman–Crippen MR) is 73.8 cm³/mol. The summed E-state index contributed by atoms with van der Waals surface area (Å²) in [6.07, 6.45) is 0. The van der Waals surface area contributed by atoms with Crippen LogP contribution in [0.5, 0.6) is 0 Å². The molecular weight excluding hydrogens is 285 g/mol. The van der Waals surface area contributed by atoms with Crippen LogP contribution in [0.1, 0.15) is 24.2 Å². The van der Waals surface area contributed by atoms with E-state index in [0.717, 1.165) is 6.07 Å². The number of benzene rings is 1. The van der Waals surface area contributed by atoms with Crippen LogP contribution in [0.2, 0.25) is 5.02 Å². The van der Waals surface area contributed by atoms with Crippen LogP contribution in [0.3, 0.4) is 0 Å². The van der Waals surface area contributed by atoms with Gasteiger partial charge in [-0.1, -0.05) is 25.4 Å². The van der Waals surface area contributed by atoms with Crippen molar-refractivity contribution < 1.29 is 18.7 Å². The maximum absolute atomic E-state index is 13.5. The second-order valence-electron chi connectivity index (χ2n) is 5.04. The molecule has 0 atom stereocenters. The second kappa shape index (κ2) is 5.89. The maximum atomic E-state index is 13.5. The number of carbonyl (C=O) groups is 2. The van der Waals surface area contributed by atoms with Crippen molar-refractivity contribution >= 4 is 29.0 Å². The van der Waals surface area contributed by atoms with Crippen LogP contribution in [0.25, 0.3) is 0 Å². The molecule has 4 nitrogen and oxygen atoms in total. The summed E-state index contributed by atoms with van der Waals surface area (Å²) in [6, 6.07) is 2.31. The number of anilines is 1. The van der Waals surface area contributed by atoms with Gasteiger partial charge in [0.15, 0.2) is 0 Å². The van der Waals surface area contributed by atoms with Gasteiger partial charge in [0.05, 0.1) is 22.9 Å². The zero-order chi connectivity index (χ0) is 14.9. The highest BCUT2D eigenvalue weighted by atomic mass is 35.5. The number of ketones is 1. The minimum absolute atomic E-state index is 0.144. The minimum Gasteiger partial charge on any atom is -0.379 e. The fourth-order valence-corrected chi connectivity index (χ4v) is 2.15. The van der Waals surface area contributed by atoms with E-state index in [-0.39, 0.29) is 22.8 Å². The van der Waals surface area contributed by atoms with E-state index in [4.69, 9.17) is 16.3 Å². The summed E-state index contributed by atoms with van der Waals surface area (Å²) in [5, 5.41) is -0.164. The zero-order valence-corrected chi connectivity index (χ0v) is 12.0. The molecule has 0 bridgehead atoms. The smallest absolute Gasteiger partial charge is 0.299 e. The number of rotatable bonds is 5. The number of nitrogens with zero attached hydrogens (tertiary/aromatic N) is 1. The first-order valence-electron chi connectivity index (χ1n) is 6.34. The molecule has 1 heterocycles. The number of hydrogen-bond acceptors (Lipinski definition) is 3. The first-order chi connectivity index (χ1) is 9.41. The molecule has 0 fully saturated rings. The third-order valence-corrected chi connectivity index (χ3v) is 3.21. The molecule has 1 aliphatic heterocycles. The molecule has 108 valence electrons. The molecule has 1 aliphatic rings. The van der Waals surface area contributed by atoms with Crippen molar-refractivity contribution in [2.45, 2.75) is 13.8 Å². The third-order valence-electron chi connectivity index (χ3n) is 2.92. The van der Waals surface area contributed by atoms with Gasteiger partial charge in [-0.15, -0.1) is 0 Å². The Kier molecular flexibility index (Phi) is 4.40. The van der Waals surface area contributed by atoms with E-state index in [1.54, 1.807) is 0 Å². The van der Waals surface area contributed by atoms with Crippen LogP contribution >= 0.6 is 11.6 Å². The Bertz CT molecular complexity index is 560. The van der Waals surface area contributed by atoms with Crippen LogP contribution in [0.15, 0.2) is 12.1 Å². The average Bonchev–Trinajstić information content (AvgIpc) is 2.60. The molecule has 2 rings (SSSR count). The average molecular weight is 300 g/mol. The highest BCUT2D eigenvalue weighted by Crippen LogP contribution is 2.32. The largest absolute Gasteiger partial charge is 0.379 e. The number of carbonyl (C=O) groups excluding carboxylic acids is 2. The minimum atomic E-state index is -0.671. The lowest BCUT2D eigenvalue weighted by atomic mass is 10.1. The molecule has 0 aliphatic carbocycles. The van der Waals surface area contributed by atoms with E-state index in [0.29, 0.717) is 19.1 Å². The quantitative estimate of drug-likeness (QED) is 0.620. The molecule has 1 aromatic rings. The molecule has 6 heteroatoms. The summed E-state index contributed by atoms with van der Waals surface area (Å²) >= 11 is 5.63. The van der Waals surface area contributed by atoms with E-state index in [1.807, 2.05) is 13.8 Å². The summed E-state index contributed by atoms with van der Waals surface area (Å²) in [4.78, 5) is 24.9. The van der Waals surface area contributed by atoms with Gasteiger partial charge >= 0.3 is 0 Å². The lowest BCUT2D eigenvalue weighted by Crippen LogP contribution is -2.33. The van der Waals surface area contributed by atoms with Crippen molar-refractivity contribution in [3.05, 3.63) is 28.5 Å². The Morgan fingerprint density at radius 1 is 1.35 bits per heavy atom. The monoisotopic (exact) mass is 299 g/mol. The molecule has 0 aromatic heterocycles. The number of fused-ring (bicyclic) bond motifs is 1. The lowest BCUT2D eigenvalue weighted by Gasteiger charge is -2.17. The van der Waals surface area contributed by atoms with Gasteiger partial charge in [-0.05, 0) is 18.1 Å². The van der Waals surface area contributed by atoms with Crippen molar-refractivity contribution in [1.29, 1.82) is 0 Å². The Morgan fingerprint density at radius 3 is 2.70 bits per heavy atom. The number of Topliss-reactive ketones (excluding diaryl/α,β-unsaturated/α-hetero) is 1. The van der Waals surface area contributed by atoms with Gasteiger partial charge in [-0.3, -0.25) is 9.59 Å². The van der Waals surface area contributed by atoms with Gasteiger partial charge in [-0.2, -0.15) is 0 Å². The fraction of sp³-hybridized carbons (Fsp3) is 0.429. The number of ether oxygens (including phenoxy) is 1. The molecule has 0 radical (unpaired) electrons. The first-order valence-corrected chi connectivity index (χ1v) is 6.72. The summed E-state index contributed by atoms with van der Waals surface area (Å²) in [5.41, 5.74) is 0.403. The SMILES string of the molecule is CC(C)COCCN1C(=O)C(=O)c2cc(Cl)c(F)cc21. The number of amides is 1. The molecule has 0 spiro atoms. The van der Waals surface area contributed by atoms with Crippen LogP contribution in [0, 0.1) is 11.7 Å².